The van der Waals surface area contributed by atoms with Gasteiger partial charge in [0.2, 0.25) is 0 Å². The summed E-state index contributed by atoms with van der Waals surface area (Å²) in [5.74, 6) is 0. The van der Waals surface area contributed by atoms with Gasteiger partial charge in [-0.1, -0.05) is 78.9 Å². The van der Waals surface area contributed by atoms with Crippen LogP contribution in [-0.4, -0.2) is 0 Å². The standard InChI is InChI=1S/C32H18N2O/c1-2-9-19(10-3-1)28-23-17-18-25-30(20-11-4-6-14-24(20)33-25)32(23)34-31(28)22-13-8-16-27-29(22)21-12-5-7-15-26(21)35-27/h1-18H. The predicted octanol–water partition coefficient (Wildman–Crippen LogP) is 6.69. The van der Waals surface area contributed by atoms with Gasteiger partial charge in [-0.25, -0.2) is 9.98 Å². The molecule has 3 heteroatoms. The predicted molar refractivity (Wildman–Crippen MR) is 139 cm³/mol. The molecular weight excluding hydrogens is 428 g/mol. The summed E-state index contributed by atoms with van der Waals surface area (Å²) in [5.41, 5.74) is 8.24. The van der Waals surface area contributed by atoms with Crippen LogP contribution in [0.15, 0.2) is 124 Å². The Hall–Kier alpha value is -4.76. The number of hydrogen-bond donors (Lipinski definition) is 0. The van der Waals surface area contributed by atoms with Gasteiger partial charge < -0.3 is 4.42 Å². The van der Waals surface area contributed by atoms with Crippen LogP contribution < -0.4 is 10.7 Å². The van der Waals surface area contributed by atoms with Crippen LogP contribution in [0.4, 0.5) is 5.69 Å². The maximum Gasteiger partial charge on any atom is 0.136 e. The van der Waals surface area contributed by atoms with Crippen molar-refractivity contribution in [3.8, 4) is 0 Å². The molecule has 0 amide bonds. The SMILES string of the molecule is c1ccc(C2=C(c3cccc4oc5ccccc5c34)N=c3c2ccc2c3=c3ccccc3=N2)cc1. The molecule has 162 valence electrons. The zero-order chi connectivity index (χ0) is 22.9. The molecule has 0 aliphatic carbocycles. The second-order valence-corrected chi connectivity index (χ2v) is 8.96. The normalized spacial score (nSPS) is 13.5. The lowest BCUT2D eigenvalue weighted by molar-refractivity contribution is 0.669. The Balaban J connectivity index is 1.55. The summed E-state index contributed by atoms with van der Waals surface area (Å²) in [6.07, 6.45) is 0. The number of fused-ring (bicyclic) bond motifs is 7. The summed E-state index contributed by atoms with van der Waals surface area (Å²) >= 11 is 0. The zero-order valence-electron chi connectivity index (χ0n) is 18.7. The molecule has 3 heterocycles. The lowest BCUT2D eigenvalue weighted by Gasteiger charge is -2.10. The van der Waals surface area contributed by atoms with Gasteiger partial charge >= 0.3 is 0 Å². The first-order chi connectivity index (χ1) is 17.4. The summed E-state index contributed by atoms with van der Waals surface area (Å²) in [6.45, 7) is 0. The minimum Gasteiger partial charge on any atom is -0.456 e. The van der Waals surface area contributed by atoms with Gasteiger partial charge in [-0.2, -0.15) is 0 Å². The van der Waals surface area contributed by atoms with Gasteiger partial charge in [0.1, 0.15) is 11.2 Å². The van der Waals surface area contributed by atoms with Gasteiger partial charge in [-0.05, 0) is 35.9 Å². The van der Waals surface area contributed by atoms with E-state index in [1.807, 2.05) is 24.3 Å². The maximum absolute atomic E-state index is 6.21. The Morgan fingerprint density at radius 2 is 1.37 bits per heavy atom. The van der Waals surface area contributed by atoms with Gasteiger partial charge in [0.25, 0.3) is 0 Å². The van der Waals surface area contributed by atoms with E-state index in [4.69, 9.17) is 14.4 Å². The van der Waals surface area contributed by atoms with Crippen molar-refractivity contribution in [3.05, 3.63) is 147 Å². The van der Waals surface area contributed by atoms with Crippen LogP contribution in [0.5, 0.6) is 0 Å². The number of hydrogen-bond acceptors (Lipinski definition) is 3. The number of para-hydroxylation sites is 2. The van der Waals surface area contributed by atoms with Crippen LogP contribution in [0.1, 0.15) is 16.7 Å². The number of furan rings is 1. The van der Waals surface area contributed by atoms with E-state index in [1.165, 1.54) is 0 Å². The zero-order valence-corrected chi connectivity index (χ0v) is 18.7. The fraction of sp³-hybridized carbons (Fsp3) is 0. The molecule has 1 aromatic heterocycles. The Bertz CT molecular complexity index is 2100. The van der Waals surface area contributed by atoms with Crippen LogP contribution in [0.2, 0.25) is 0 Å². The molecule has 3 nitrogen and oxygen atoms in total. The fourth-order valence-electron chi connectivity index (χ4n) is 5.53. The molecule has 2 aliphatic heterocycles. The summed E-state index contributed by atoms with van der Waals surface area (Å²) in [6, 6.07) is 37.7. The van der Waals surface area contributed by atoms with E-state index in [9.17, 15) is 0 Å². The smallest absolute Gasteiger partial charge is 0.136 e. The third kappa shape index (κ3) is 2.55. The summed E-state index contributed by atoms with van der Waals surface area (Å²) in [7, 11) is 0. The van der Waals surface area contributed by atoms with Gasteiger partial charge in [0.05, 0.1) is 22.1 Å². The van der Waals surface area contributed by atoms with Crippen LogP contribution in [0.25, 0.3) is 33.2 Å². The number of benzene rings is 5. The average Bonchev–Trinajstić information content (AvgIpc) is 3.59. The molecule has 0 bridgehead atoms. The quantitative estimate of drug-likeness (QED) is 0.292. The molecule has 0 atom stereocenters. The lowest BCUT2D eigenvalue weighted by atomic mass is 9.93. The highest BCUT2D eigenvalue weighted by molar-refractivity contribution is 6.14. The first kappa shape index (κ1) is 18.6. The van der Waals surface area contributed by atoms with Gasteiger partial charge in [0.15, 0.2) is 0 Å². The Labute approximate surface area is 200 Å². The van der Waals surface area contributed by atoms with Crippen LogP contribution in [0.3, 0.4) is 0 Å². The van der Waals surface area contributed by atoms with Gasteiger partial charge in [0, 0.05) is 37.9 Å². The van der Waals surface area contributed by atoms with Gasteiger partial charge in [-0.3, -0.25) is 0 Å². The third-order valence-corrected chi connectivity index (χ3v) is 7.02. The van der Waals surface area contributed by atoms with E-state index < -0.39 is 0 Å². The van der Waals surface area contributed by atoms with Gasteiger partial charge in [-0.15, -0.1) is 0 Å². The van der Waals surface area contributed by atoms with Crippen molar-refractivity contribution in [2.45, 2.75) is 0 Å². The molecular formula is C32H18N2O. The molecule has 0 unspecified atom stereocenters. The molecule has 0 fully saturated rings. The minimum atomic E-state index is 0.875. The monoisotopic (exact) mass is 446 g/mol. The second kappa shape index (κ2) is 6.87. The van der Waals surface area contributed by atoms with E-state index in [0.29, 0.717) is 0 Å². The van der Waals surface area contributed by atoms with E-state index in [1.54, 1.807) is 0 Å². The van der Waals surface area contributed by atoms with E-state index in [2.05, 4.69) is 84.9 Å². The Morgan fingerprint density at radius 1 is 0.571 bits per heavy atom. The van der Waals surface area contributed by atoms with Crippen molar-refractivity contribution >= 4 is 38.9 Å². The highest BCUT2D eigenvalue weighted by Gasteiger charge is 2.25. The molecule has 35 heavy (non-hydrogen) atoms. The minimum absolute atomic E-state index is 0.875. The topological polar surface area (TPSA) is 37.9 Å². The van der Waals surface area contributed by atoms with Crippen molar-refractivity contribution in [3.63, 3.8) is 0 Å². The van der Waals surface area contributed by atoms with Crippen LogP contribution in [-0.2, 0) is 0 Å². The number of rotatable bonds is 2. The molecule has 5 aromatic carbocycles. The molecule has 0 saturated heterocycles. The highest BCUT2D eigenvalue weighted by atomic mass is 16.3. The van der Waals surface area contributed by atoms with Crippen LogP contribution >= 0.6 is 0 Å². The van der Waals surface area contributed by atoms with Crippen molar-refractivity contribution in [1.29, 1.82) is 0 Å². The molecule has 2 aliphatic rings. The lowest BCUT2D eigenvalue weighted by Crippen LogP contribution is -2.08. The maximum atomic E-state index is 6.21. The molecule has 8 rings (SSSR count). The molecule has 0 N–H and O–H groups in total. The Morgan fingerprint density at radius 3 is 2.31 bits per heavy atom. The second-order valence-electron chi connectivity index (χ2n) is 8.96. The van der Waals surface area contributed by atoms with Crippen molar-refractivity contribution in [2.24, 2.45) is 9.98 Å². The largest absolute Gasteiger partial charge is 0.456 e. The first-order valence-electron chi connectivity index (χ1n) is 11.8. The van der Waals surface area contributed by atoms with E-state index in [-0.39, 0.29) is 0 Å². The molecule has 6 aromatic rings. The fourth-order valence-corrected chi connectivity index (χ4v) is 5.53. The van der Waals surface area contributed by atoms with E-state index in [0.717, 1.165) is 76.7 Å². The summed E-state index contributed by atoms with van der Waals surface area (Å²) in [5, 5.41) is 6.47. The summed E-state index contributed by atoms with van der Waals surface area (Å²) < 4.78 is 6.21. The highest BCUT2D eigenvalue weighted by Crippen LogP contribution is 2.41. The summed E-state index contributed by atoms with van der Waals surface area (Å²) in [4.78, 5) is 10.2. The molecule has 0 spiro atoms. The first-order valence-corrected chi connectivity index (χ1v) is 11.8. The van der Waals surface area contributed by atoms with Crippen molar-refractivity contribution in [2.75, 3.05) is 0 Å². The molecule has 0 saturated carbocycles. The Kier molecular flexibility index (Phi) is 3.66. The van der Waals surface area contributed by atoms with Crippen LogP contribution in [0, 0.1) is 10.4 Å². The average molecular weight is 447 g/mol. The van der Waals surface area contributed by atoms with Crippen molar-refractivity contribution < 1.29 is 4.42 Å². The van der Waals surface area contributed by atoms with Crippen molar-refractivity contribution in [1.82, 2.24) is 0 Å². The number of nitrogens with zero attached hydrogens (tertiary/aromatic N) is 2. The van der Waals surface area contributed by atoms with E-state index >= 15 is 0 Å². The molecule has 0 radical (unpaired) electrons. The third-order valence-electron chi connectivity index (χ3n) is 7.02.